The molecule has 0 spiro atoms. The molecule has 32 heavy (non-hydrogen) atoms. The summed E-state index contributed by atoms with van der Waals surface area (Å²) in [7, 11) is 1.57. The zero-order valence-corrected chi connectivity index (χ0v) is 19.8. The normalized spacial score (nSPS) is 11.2. The molecule has 0 aliphatic rings. The van der Waals surface area contributed by atoms with Crippen molar-refractivity contribution >= 4 is 22.6 Å². The maximum Gasteiger partial charge on any atom is 0.319 e. The van der Waals surface area contributed by atoms with Gasteiger partial charge in [-0.1, -0.05) is 25.4 Å². The summed E-state index contributed by atoms with van der Waals surface area (Å²) in [6.45, 7) is 11.2. The Morgan fingerprint density at radius 1 is 1.19 bits per heavy atom. The number of hydrogen-bond acceptors (Lipinski definition) is 7. The molecule has 9 heteroatoms. The molecule has 0 fully saturated rings. The summed E-state index contributed by atoms with van der Waals surface area (Å²) in [5.41, 5.74) is 2.01. The second-order valence-corrected chi connectivity index (χ2v) is 7.82. The fourth-order valence-corrected chi connectivity index (χ4v) is 3.62. The molecule has 8 nitrogen and oxygen atoms in total. The molecule has 0 radical (unpaired) electrons. The highest BCUT2D eigenvalue weighted by molar-refractivity contribution is 6.34. The summed E-state index contributed by atoms with van der Waals surface area (Å²) >= 11 is 6.63. The van der Waals surface area contributed by atoms with Crippen LogP contribution in [-0.2, 0) is 0 Å². The maximum absolute atomic E-state index is 9.59. The highest BCUT2D eigenvalue weighted by atomic mass is 35.5. The zero-order chi connectivity index (χ0) is 23.3. The van der Waals surface area contributed by atoms with Crippen molar-refractivity contribution < 1.29 is 14.2 Å². The standard InChI is InChI=1S/C23H28ClN5O3/c1-6-29(7-2)8-9-31-19-10-16(17(24)11-18(19)30-5)21-20-15(12-25)13-26-22(20)28-23(27-21)32-14(3)4/h10-11,13-14H,6-9H2,1-5H3,(H,26,27,28). The molecule has 1 N–H and O–H groups in total. The summed E-state index contributed by atoms with van der Waals surface area (Å²) in [5, 5.41) is 10.6. The molecule has 3 aromatic rings. The van der Waals surface area contributed by atoms with Crippen molar-refractivity contribution in [3.8, 4) is 34.8 Å². The van der Waals surface area contributed by atoms with E-state index in [4.69, 9.17) is 25.8 Å². The van der Waals surface area contributed by atoms with E-state index in [2.05, 4.69) is 39.8 Å². The van der Waals surface area contributed by atoms with E-state index >= 15 is 0 Å². The van der Waals surface area contributed by atoms with Crippen LogP contribution in [0.3, 0.4) is 0 Å². The van der Waals surface area contributed by atoms with Crippen LogP contribution < -0.4 is 14.2 Å². The first-order valence-electron chi connectivity index (χ1n) is 10.6. The van der Waals surface area contributed by atoms with Crippen molar-refractivity contribution in [3.05, 3.63) is 28.9 Å². The van der Waals surface area contributed by atoms with Gasteiger partial charge in [-0.25, -0.2) is 0 Å². The second-order valence-electron chi connectivity index (χ2n) is 7.42. The predicted molar refractivity (Wildman–Crippen MR) is 125 cm³/mol. The maximum atomic E-state index is 9.59. The monoisotopic (exact) mass is 457 g/mol. The van der Waals surface area contributed by atoms with Crippen LogP contribution in [0.25, 0.3) is 22.3 Å². The minimum absolute atomic E-state index is 0.115. The average molecular weight is 458 g/mol. The van der Waals surface area contributed by atoms with Crippen molar-refractivity contribution in [2.45, 2.75) is 33.8 Å². The lowest BCUT2D eigenvalue weighted by Crippen LogP contribution is -2.27. The molecule has 0 saturated heterocycles. The molecule has 0 aliphatic heterocycles. The zero-order valence-electron chi connectivity index (χ0n) is 19.0. The number of nitrogens with zero attached hydrogens (tertiary/aromatic N) is 4. The topological polar surface area (TPSA) is 96.3 Å². The van der Waals surface area contributed by atoms with E-state index in [9.17, 15) is 5.26 Å². The Morgan fingerprint density at radius 2 is 1.94 bits per heavy atom. The van der Waals surface area contributed by atoms with E-state index < -0.39 is 0 Å². The van der Waals surface area contributed by atoms with E-state index in [1.54, 1.807) is 25.4 Å². The third-order valence-electron chi connectivity index (χ3n) is 5.04. The van der Waals surface area contributed by atoms with Crippen LogP contribution in [0.15, 0.2) is 18.3 Å². The Balaban J connectivity index is 2.10. The predicted octanol–water partition coefficient (Wildman–Crippen LogP) is 4.67. The SMILES string of the molecule is CCN(CC)CCOc1cc(-c2nc(OC(C)C)nc3[nH]cc(C#N)c23)c(Cl)cc1OC. The van der Waals surface area contributed by atoms with E-state index in [0.29, 0.717) is 51.0 Å². The fourth-order valence-electron chi connectivity index (χ4n) is 3.37. The van der Waals surface area contributed by atoms with Gasteiger partial charge in [0.1, 0.15) is 18.3 Å². The molecule has 170 valence electrons. The van der Waals surface area contributed by atoms with Gasteiger partial charge in [-0.05, 0) is 33.0 Å². The van der Waals surface area contributed by atoms with Gasteiger partial charge in [0.15, 0.2) is 11.5 Å². The van der Waals surface area contributed by atoms with Crippen LogP contribution in [0.4, 0.5) is 0 Å². The number of ether oxygens (including phenoxy) is 3. The molecular weight excluding hydrogens is 430 g/mol. The Kier molecular flexibility index (Phi) is 7.78. The van der Waals surface area contributed by atoms with Crippen molar-refractivity contribution in [3.63, 3.8) is 0 Å². The quantitative estimate of drug-likeness (QED) is 0.472. The van der Waals surface area contributed by atoms with E-state index in [1.807, 2.05) is 13.8 Å². The second kappa shape index (κ2) is 10.5. The Labute approximate surface area is 193 Å². The first-order chi connectivity index (χ1) is 15.4. The summed E-state index contributed by atoms with van der Waals surface area (Å²) in [6, 6.07) is 5.86. The summed E-state index contributed by atoms with van der Waals surface area (Å²) in [6.07, 6.45) is 1.48. The molecule has 2 heterocycles. The third-order valence-corrected chi connectivity index (χ3v) is 5.35. The molecule has 0 atom stereocenters. The largest absolute Gasteiger partial charge is 0.493 e. The molecule has 0 saturated carbocycles. The number of likely N-dealkylation sites (N-methyl/N-ethyl adjacent to an activating group) is 1. The highest BCUT2D eigenvalue weighted by Gasteiger charge is 2.21. The van der Waals surface area contributed by atoms with Crippen molar-refractivity contribution in [2.24, 2.45) is 0 Å². The first-order valence-corrected chi connectivity index (χ1v) is 11.0. The van der Waals surface area contributed by atoms with Gasteiger partial charge >= 0.3 is 6.01 Å². The van der Waals surface area contributed by atoms with E-state index in [0.717, 1.165) is 19.6 Å². The number of rotatable bonds is 10. The summed E-state index contributed by atoms with van der Waals surface area (Å²) < 4.78 is 17.3. The molecular formula is C23H28ClN5O3. The number of aromatic amines is 1. The van der Waals surface area contributed by atoms with Crippen molar-refractivity contribution in [1.82, 2.24) is 19.9 Å². The van der Waals surface area contributed by atoms with Crippen molar-refractivity contribution in [2.75, 3.05) is 33.4 Å². The molecule has 0 amide bonds. The highest BCUT2D eigenvalue weighted by Crippen LogP contribution is 2.41. The van der Waals surface area contributed by atoms with E-state index in [1.165, 1.54) is 0 Å². The van der Waals surface area contributed by atoms with Gasteiger partial charge in [0.2, 0.25) is 0 Å². The van der Waals surface area contributed by atoms with Crippen LogP contribution in [-0.4, -0.2) is 59.3 Å². The van der Waals surface area contributed by atoms with Gasteiger partial charge in [-0.3, -0.25) is 0 Å². The van der Waals surface area contributed by atoms with Crippen molar-refractivity contribution in [1.29, 1.82) is 5.26 Å². The van der Waals surface area contributed by atoms with Crippen LogP contribution in [0.2, 0.25) is 5.02 Å². The lowest BCUT2D eigenvalue weighted by atomic mass is 10.1. The Morgan fingerprint density at radius 3 is 2.56 bits per heavy atom. The van der Waals surface area contributed by atoms with Gasteiger partial charge in [-0.15, -0.1) is 0 Å². The Bertz CT molecular complexity index is 1120. The van der Waals surface area contributed by atoms with Gasteiger partial charge in [-0.2, -0.15) is 15.2 Å². The number of fused-ring (bicyclic) bond motifs is 1. The van der Waals surface area contributed by atoms with Crippen LogP contribution in [0, 0.1) is 11.3 Å². The molecule has 0 bridgehead atoms. The number of halogens is 1. The number of benzene rings is 1. The summed E-state index contributed by atoms with van der Waals surface area (Å²) in [5.74, 6) is 1.07. The van der Waals surface area contributed by atoms with Gasteiger partial charge in [0, 0.05) is 24.4 Å². The van der Waals surface area contributed by atoms with Gasteiger partial charge in [0.25, 0.3) is 0 Å². The lowest BCUT2D eigenvalue weighted by Gasteiger charge is -2.19. The summed E-state index contributed by atoms with van der Waals surface area (Å²) in [4.78, 5) is 14.3. The number of H-pyrrole nitrogens is 1. The van der Waals surface area contributed by atoms with Gasteiger partial charge in [0.05, 0.1) is 34.9 Å². The van der Waals surface area contributed by atoms with Gasteiger partial charge < -0.3 is 24.1 Å². The third kappa shape index (κ3) is 5.06. The molecule has 2 aromatic heterocycles. The molecule has 3 rings (SSSR count). The molecule has 0 aliphatic carbocycles. The van der Waals surface area contributed by atoms with Crippen LogP contribution >= 0.6 is 11.6 Å². The van der Waals surface area contributed by atoms with E-state index in [-0.39, 0.29) is 12.1 Å². The Hall–Kier alpha value is -3.02. The van der Waals surface area contributed by atoms with Crippen LogP contribution in [0.5, 0.6) is 17.5 Å². The number of hydrogen-bond donors (Lipinski definition) is 1. The lowest BCUT2D eigenvalue weighted by molar-refractivity contribution is 0.217. The minimum Gasteiger partial charge on any atom is -0.493 e. The smallest absolute Gasteiger partial charge is 0.319 e. The molecule has 1 aromatic carbocycles. The molecule has 0 unspecified atom stereocenters. The van der Waals surface area contributed by atoms with Crippen LogP contribution in [0.1, 0.15) is 33.3 Å². The minimum atomic E-state index is -0.115. The number of methoxy groups -OCH3 is 1. The average Bonchev–Trinajstić information content (AvgIpc) is 3.19. The fraction of sp³-hybridized carbons (Fsp3) is 0.435. The first kappa shape index (κ1) is 23.6. The number of nitrogens with one attached hydrogen (secondary N) is 1. The number of nitriles is 1. The number of aromatic nitrogens is 3.